The van der Waals surface area contributed by atoms with Crippen LogP contribution >= 0.6 is 15.9 Å². The van der Waals surface area contributed by atoms with E-state index in [2.05, 4.69) is 87.0 Å². The number of pyridine rings is 1. The van der Waals surface area contributed by atoms with Crippen molar-refractivity contribution < 1.29 is 56.3 Å². The predicted molar refractivity (Wildman–Crippen MR) is 437 cm³/mol. The molecule has 0 bridgehead atoms. The number of ketones is 3. The second-order valence-corrected chi connectivity index (χ2v) is 30.2. The Balaban J connectivity index is 0.000000146. The fourth-order valence-corrected chi connectivity index (χ4v) is 15.3. The van der Waals surface area contributed by atoms with Crippen LogP contribution < -0.4 is 21.3 Å². The van der Waals surface area contributed by atoms with Crippen LogP contribution in [0.1, 0.15) is 110 Å². The summed E-state index contributed by atoms with van der Waals surface area (Å²) in [4.78, 5) is 160. The standard InChI is InChI=1S/C31H30FN7O3.C28H27FN6O3.C26H23BrFN7O3/c1-17-18(2)35-27-6-4-22(9-24(17)27)37-31(42)29-8-20(32)13-39(29)30(41)15-38-14-26(19(3)40)25-10-21(5-7-28(25)38)36-23-11-33-16-34-12-23;1-18(36)24-15-34(25-5-4-19(8-23(24)25)7-21-11-31-17-32-12-21)16-27(37)35-14-22(29)9-26(35)28(38)33-13-20-3-2-6-30-10-20;1-15(36)21-12-34(22-3-2-16(5-20(21)22)4-17-7-29-14-30-8-17)13-24(37)35-11-19(28)6-23(35)25(38)33-26-31-9-18(27)10-32-26/h4-7,9-12,14,16,20,29,35-36H,8,13,15H2,1-3H3,(H,37,42);2-6,8,10-12,15,17,22,26H,7,9,13-14,16H2,1H3,(H,33,38);2-3,5,7-10,12,14,19,23H,4,6,11,13H2,1H3,(H,31,32,33,38)/t20-,29+;22-,26+;19-,23+/m111/s1. The summed E-state index contributed by atoms with van der Waals surface area (Å²) in [6.45, 7) is 7.72. The fourth-order valence-electron chi connectivity index (χ4n) is 15.1. The van der Waals surface area contributed by atoms with Gasteiger partial charge in [-0.3, -0.25) is 53.5 Å². The molecule has 33 heteroatoms. The number of nitrogens with zero attached hydrogens (tertiary/aromatic N) is 15. The van der Waals surface area contributed by atoms with Crippen LogP contribution in [0.5, 0.6) is 0 Å². The molecule has 3 fully saturated rings. The molecule has 9 aromatic heterocycles. The van der Waals surface area contributed by atoms with Crippen molar-refractivity contribution in [2.75, 3.05) is 35.6 Å². The maximum absolute atomic E-state index is 14.6. The number of hydrogen-bond acceptors (Lipinski definition) is 19. The molecule has 3 aliphatic heterocycles. The zero-order valence-electron chi connectivity index (χ0n) is 64.7. The van der Waals surface area contributed by atoms with Crippen molar-refractivity contribution in [2.45, 2.75) is 130 Å². The molecule has 0 unspecified atom stereocenters. The van der Waals surface area contributed by atoms with Gasteiger partial charge in [-0.05, 0) is 151 Å². The number of carbonyl (C=O) groups excluding carboxylic acids is 9. The van der Waals surface area contributed by atoms with Gasteiger partial charge in [-0.15, -0.1) is 0 Å². The zero-order valence-corrected chi connectivity index (χ0v) is 66.3. The summed E-state index contributed by atoms with van der Waals surface area (Å²) in [7, 11) is 0. The molecule has 6 atom stereocenters. The van der Waals surface area contributed by atoms with Gasteiger partial charge in [-0.25, -0.2) is 53.0 Å². The monoisotopic (exact) mass is 1660 g/mol. The predicted octanol–water partition coefficient (Wildman–Crippen LogP) is 11.3. The average Bonchev–Trinajstić information content (AvgIpc) is 1.64. The summed E-state index contributed by atoms with van der Waals surface area (Å²) < 4.78 is 49.1. The molecule has 12 heterocycles. The molecule has 16 rings (SSSR count). The van der Waals surface area contributed by atoms with E-state index in [1.54, 1.807) is 94.0 Å². The van der Waals surface area contributed by atoms with Crippen LogP contribution in [0.2, 0.25) is 0 Å². The fraction of sp³-hybridized carbons (Fsp3) is 0.271. The highest BCUT2D eigenvalue weighted by atomic mass is 79.9. The molecule has 5 N–H and O–H groups in total. The van der Waals surface area contributed by atoms with E-state index in [1.165, 1.54) is 66.8 Å². The summed E-state index contributed by atoms with van der Waals surface area (Å²) in [6, 6.07) is 23.2. The molecule has 4 aromatic carbocycles. The highest BCUT2D eigenvalue weighted by molar-refractivity contribution is 9.10. The number of alkyl halides is 3. The molecular weight excluding hydrogens is 1580 g/mol. The number of Topliss-reactive ketones (excluding diaryl/α,β-unsaturated/α-hetero) is 3. The third kappa shape index (κ3) is 18.7. The molecule has 118 heavy (non-hydrogen) atoms. The first kappa shape index (κ1) is 81.0. The Morgan fingerprint density at radius 1 is 0.458 bits per heavy atom. The van der Waals surface area contributed by atoms with Crippen molar-refractivity contribution in [3.8, 4) is 0 Å². The van der Waals surface area contributed by atoms with Crippen LogP contribution in [0.15, 0.2) is 189 Å². The number of likely N-dealkylation sites (tertiary alicyclic amines) is 3. The topological polar surface area (TPSA) is 358 Å². The summed E-state index contributed by atoms with van der Waals surface area (Å²) in [5.41, 5.74) is 13.2. The van der Waals surface area contributed by atoms with E-state index >= 15 is 0 Å². The third-order valence-corrected chi connectivity index (χ3v) is 21.4. The summed E-state index contributed by atoms with van der Waals surface area (Å²) in [5.74, 6) is -2.97. The van der Waals surface area contributed by atoms with Gasteiger partial charge in [-0.1, -0.05) is 18.2 Å². The quantitative estimate of drug-likeness (QED) is 0.0394. The number of benzene rings is 4. The van der Waals surface area contributed by atoms with Crippen LogP contribution in [0, 0.1) is 13.8 Å². The molecule has 29 nitrogen and oxygen atoms in total. The van der Waals surface area contributed by atoms with E-state index in [0.717, 1.165) is 61.1 Å². The largest absolute Gasteiger partial charge is 0.358 e. The number of aromatic nitrogens is 13. The molecule has 602 valence electrons. The van der Waals surface area contributed by atoms with Crippen molar-refractivity contribution >= 4 is 135 Å². The number of carbonyl (C=O) groups is 9. The van der Waals surface area contributed by atoms with Crippen molar-refractivity contribution in [3.05, 3.63) is 245 Å². The van der Waals surface area contributed by atoms with Gasteiger partial charge in [0.05, 0.1) is 42.2 Å². The van der Waals surface area contributed by atoms with Crippen molar-refractivity contribution in [1.29, 1.82) is 0 Å². The minimum absolute atomic E-state index is 0.0533. The number of rotatable bonds is 22. The normalized spacial score (nSPS) is 16.9. The first-order valence-corrected chi connectivity index (χ1v) is 38.7. The Bertz CT molecular complexity index is 5980. The lowest BCUT2D eigenvalue weighted by atomic mass is 10.0. The second kappa shape index (κ2) is 35.7. The SMILES string of the molecule is CC(=O)c1cn(CC(=O)N2C[C@H](F)C[C@H]2C(=O)NCc2cccnc2)c2ccc(Cc3cncnc3)cc12.CC(=O)c1cn(CC(=O)N2C[C@H](F)C[C@H]2C(=O)Nc2ccc3[nH]c(C)c(C)c3c2)c2ccc(Nc3cncnc3)cc12.CC(=O)c1cn(CC(=O)N2C[C@H](F)C[C@H]2C(=O)Nc2ncc(Br)cn2)c2ccc(Cc3cncnc3)cc12. The Kier molecular flexibility index (Phi) is 24.5. The molecule has 3 saturated heterocycles. The van der Waals surface area contributed by atoms with E-state index in [1.807, 2.05) is 86.6 Å². The molecule has 0 radical (unpaired) electrons. The highest BCUT2D eigenvalue weighted by Crippen LogP contribution is 2.34. The minimum Gasteiger partial charge on any atom is -0.358 e. The Labute approximate surface area is 681 Å². The molecule has 6 amide bonds. The molecule has 3 aliphatic rings. The van der Waals surface area contributed by atoms with Crippen LogP contribution in [0.3, 0.4) is 0 Å². The number of amides is 6. The van der Waals surface area contributed by atoms with Crippen LogP contribution in [0.4, 0.5) is 36.2 Å². The van der Waals surface area contributed by atoms with Crippen LogP contribution in [-0.4, -0.2) is 187 Å². The molecule has 0 aliphatic carbocycles. The summed E-state index contributed by atoms with van der Waals surface area (Å²) in [6.07, 6.45) is 22.7. The maximum atomic E-state index is 14.6. The number of aromatic amines is 1. The number of halogens is 4. The van der Waals surface area contributed by atoms with E-state index in [0.29, 0.717) is 72.7 Å². The van der Waals surface area contributed by atoms with Gasteiger partial charge in [0, 0.05) is 184 Å². The number of hydrogen-bond donors (Lipinski definition) is 5. The molecule has 13 aromatic rings. The van der Waals surface area contributed by atoms with E-state index in [9.17, 15) is 56.3 Å². The van der Waals surface area contributed by atoms with E-state index < -0.39 is 66.2 Å². The van der Waals surface area contributed by atoms with Gasteiger partial charge in [0.2, 0.25) is 41.4 Å². The number of nitrogens with one attached hydrogen (secondary N) is 5. The molecule has 0 spiro atoms. The van der Waals surface area contributed by atoms with E-state index in [-0.39, 0.29) is 94.3 Å². The van der Waals surface area contributed by atoms with Gasteiger partial charge in [0.25, 0.3) is 0 Å². The summed E-state index contributed by atoms with van der Waals surface area (Å²) in [5, 5.41) is 14.5. The average molecular weight is 1660 g/mol. The zero-order chi connectivity index (χ0) is 83.0. The van der Waals surface area contributed by atoms with Gasteiger partial charge in [-0.2, -0.15) is 0 Å². The number of fused-ring (bicyclic) bond motifs is 4. The molecule has 0 saturated carbocycles. The lowest BCUT2D eigenvalue weighted by Gasteiger charge is -2.24. The van der Waals surface area contributed by atoms with Gasteiger partial charge >= 0.3 is 0 Å². The highest BCUT2D eigenvalue weighted by Gasteiger charge is 2.43. The smallest absolute Gasteiger partial charge is 0.249 e. The third-order valence-electron chi connectivity index (χ3n) is 21.0. The maximum Gasteiger partial charge on any atom is 0.249 e. The Morgan fingerprint density at radius 2 is 0.881 bits per heavy atom. The van der Waals surface area contributed by atoms with Crippen molar-refractivity contribution in [1.82, 2.24) is 83.6 Å². The molecular formula is C85H80BrF3N20O9. The van der Waals surface area contributed by atoms with Gasteiger partial charge in [0.1, 0.15) is 75.3 Å². The Hall–Kier alpha value is -13.6. The van der Waals surface area contributed by atoms with Crippen LogP contribution in [0.25, 0.3) is 43.6 Å². The first-order valence-electron chi connectivity index (χ1n) is 37.9. The summed E-state index contributed by atoms with van der Waals surface area (Å²) >= 11 is 3.22. The lowest BCUT2D eigenvalue weighted by molar-refractivity contribution is -0.139. The number of anilines is 4. The number of H-pyrrole nitrogens is 1. The lowest BCUT2D eigenvalue weighted by Crippen LogP contribution is -2.46. The van der Waals surface area contributed by atoms with Gasteiger partial charge in [0.15, 0.2) is 17.3 Å². The van der Waals surface area contributed by atoms with E-state index in [4.69, 9.17) is 0 Å². The van der Waals surface area contributed by atoms with Crippen molar-refractivity contribution in [2.24, 2.45) is 0 Å². The Morgan fingerprint density at radius 3 is 1.35 bits per heavy atom. The second-order valence-electron chi connectivity index (χ2n) is 29.3. The van der Waals surface area contributed by atoms with Crippen LogP contribution in [-0.2, 0) is 67.8 Å². The van der Waals surface area contributed by atoms with Gasteiger partial charge < -0.3 is 49.3 Å². The first-order chi connectivity index (χ1) is 56.8. The number of aryl methyl sites for hydroxylation is 2. The van der Waals surface area contributed by atoms with Crippen molar-refractivity contribution in [3.63, 3.8) is 0 Å². The minimum atomic E-state index is -1.33.